The first-order valence-corrected chi connectivity index (χ1v) is 7.82. The maximum Gasteiger partial charge on any atom is 0.261 e. The van der Waals surface area contributed by atoms with Crippen LogP contribution >= 0.6 is 0 Å². The number of anilines is 1. The summed E-state index contributed by atoms with van der Waals surface area (Å²) >= 11 is 0. The zero-order valence-corrected chi connectivity index (χ0v) is 12.8. The fourth-order valence-corrected chi connectivity index (χ4v) is 2.94. The minimum atomic E-state index is -3.86. The van der Waals surface area contributed by atoms with Gasteiger partial charge in [0.2, 0.25) is 0 Å². The predicted octanol–water partition coefficient (Wildman–Crippen LogP) is 2.40. The van der Waals surface area contributed by atoms with Crippen molar-refractivity contribution >= 4 is 21.5 Å². The molecule has 0 atom stereocenters. The molecule has 0 aliphatic carbocycles. The van der Waals surface area contributed by atoms with Gasteiger partial charge < -0.3 is 9.84 Å². The topological polar surface area (TPSA) is 92.7 Å². The number of sulfonamides is 1. The Hall–Kier alpha value is -2.54. The van der Waals surface area contributed by atoms with Crippen molar-refractivity contribution in [3.05, 3.63) is 48.0 Å². The first kappa shape index (κ1) is 15.8. The Balaban J connectivity index is 2.33. The SMILES string of the molecule is COc1ccc(NS(=O)(=O)c2cccc(C(C)=O)c2)cc1O. The maximum atomic E-state index is 12.3. The van der Waals surface area contributed by atoms with Crippen LogP contribution < -0.4 is 9.46 Å². The van der Waals surface area contributed by atoms with E-state index in [4.69, 9.17) is 4.74 Å². The quantitative estimate of drug-likeness (QED) is 0.825. The Bertz CT molecular complexity index is 814. The fourth-order valence-electron chi connectivity index (χ4n) is 1.85. The Morgan fingerprint density at radius 1 is 1.18 bits per heavy atom. The number of Topliss-reactive ketones (excluding diaryl/α,β-unsaturated/α-hetero) is 1. The standard InChI is InChI=1S/C15H15NO5S/c1-10(17)11-4-3-5-13(8-11)22(19,20)16-12-6-7-15(21-2)14(18)9-12/h3-9,16,18H,1-2H3. The molecule has 7 heteroatoms. The van der Waals surface area contributed by atoms with Crippen LogP contribution in [-0.4, -0.2) is 26.4 Å². The van der Waals surface area contributed by atoms with Gasteiger partial charge >= 0.3 is 0 Å². The van der Waals surface area contributed by atoms with Gasteiger partial charge in [0, 0.05) is 11.6 Å². The van der Waals surface area contributed by atoms with Crippen molar-refractivity contribution in [2.45, 2.75) is 11.8 Å². The molecule has 0 aliphatic rings. The summed E-state index contributed by atoms with van der Waals surface area (Å²) in [5, 5.41) is 9.67. The highest BCUT2D eigenvalue weighted by atomic mass is 32.2. The minimum absolute atomic E-state index is 0.0319. The number of ketones is 1. The third kappa shape index (κ3) is 3.37. The summed E-state index contributed by atoms with van der Waals surface area (Å²) in [5.41, 5.74) is 0.493. The van der Waals surface area contributed by atoms with Gasteiger partial charge in [0.1, 0.15) is 0 Å². The van der Waals surface area contributed by atoms with E-state index < -0.39 is 10.0 Å². The van der Waals surface area contributed by atoms with Gasteiger partial charge in [-0.05, 0) is 31.2 Å². The molecule has 0 aliphatic heterocycles. The zero-order valence-electron chi connectivity index (χ0n) is 12.0. The molecule has 0 aromatic heterocycles. The lowest BCUT2D eigenvalue weighted by molar-refractivity contribution is 0.101. The molecule has 0 saturated heterocycles. The molecule has 2 N–H and O–H groups in total. The van der Waals surface area contributed by atoms with Gasteiger partial charge in [0.15, 0.2) is 17.3 Å². The van der Waals surface area contributed by atoms with E-state index in [1.165, 1.54) is 50.4 Å². The van der Waals surface area contributed by atoms with Gasteiger partial charge in [0.25, 0.3) is 10.0 Å². The van der Waals surface area contributed by atoms with Crippen LogP contribution in [0.25, 0.3) is 0 Å². The smallest absolute Gasteiger partial charge is 0.261 e. The number of carbonyl (C=O) groups excluding carboxylic acids is 1. The van der Waals surface area contributed by atoms with E-state index in [2.05, 4.69) is 4.72 Å². The molecule has 2 aromatic rings. The number of rotatable bonds is 5. The van der Waals surface area contributed by atoms with Crippen LogP contribution in [-0.2, 0) is 10.0 Å². The average Bonchev–Trinajstić information content (AvgIpc) is 2.47. The molecule has 0 spiro atoms. The van der Waals surface area contributed by atoms with Crippen molar-refractivity contribution in [3.63, 3.8) is 0 Å². The van der Waals surface area contributed by atoms with Gasteiger partial charge in [0.05, 0.1) is 17.7 Å². The van der Waals surface area contributed by atoms with Crippen LogP contribution in [0.4, 0.5) is 5.69 Å². The minimum Gasteiger partial charge on any atom is -0.504 e. The third-order valence-corrected chi connectivity index (χ3v) is 4.36. The number of hydrogen-bond acceptors (Lipinski definition) is 5. The molecule has 2 rings (SSSR count). The summed E-state index contributed by atoms with van der Waals surface area (Å²) in [7, 11) is -2.46. The van der Waals surface area contributed by atoms with Crippen LogP contribution in [0.15, 0.2) is 47.4 Å². The number of benzene rings is 2. The molecule has 116 valence electrons. The lowest BCUT2D eigenvalue weighted by atomic mass is 10.2. The molecule has 0 amide bonds. The van der Waals surface area contributed by atoms with Crippen molar-refractivity contribution in [3.8, 4) is 11.5 Å². The second kappa shape index (κ2) is 6.07. The number of phenols is 1. The van der Waals surface area contributed by atoms with Crippen molar-refractivity contribution in [1.82, 2.24) is 0 Å². The van der Waals surface area contributed by atoms with E-state index in [1.54, 1.807) is 6.07 Å². The second-order valence-corrected chi connectivity index (χ2v) is 6.26. The molecule has 0 saturated carbocycles. The summed E-state index contributed by atoms with van der Waals surface area (Å²) in [6, 6.07) is 9.87. The van der Waals surface area contributed by atoms with Gasteiger partial charge in [-0.25, -0.2) is 8.42 Å². The van der Waals surface area contributed by atoms with E-state index in [1.807, 2.05) is 0 Å². The van der Waals surface area contributed by atoms with Crippen LogP contribution in [0.3, 0.4) is 0 Å². The fraction of sp³-hybridized carbons (Fsp3) is 0.133. The first-order chi connectivity index (χ1) is 10.3. The van der Waals surface area contributed by atoms with Gasteiger partial charge in [-0.1, -0.05) is 12.1 Å². The van der Waals surface area contributed by atoms with E-state index in [9.17, 15) is 18.3 Å². The van der Waals surface area contributed by atoms with E-state index in [0.29, 0.717) is 5.56 Å². The Labute approximate surface area is 128 Å². The number of aromatic hydroxyl groups is 1. The summed E-state index contributed by atoms with van der Waals surface area (Å²) < 4.78 is 31.8. The van der Waals surface area contributed by atoms with Crippen molar-refractivity contribution in [2.75, 3.05) is 11.8 Å². The highest BCUT2D eigenvalue weighted by Gasteiger charge is 2.16. The Morgan fingerprint density at radius 3 is 2.50 bits per heavy atom. The van der Waals surface area contributed by atoms with Crippen molar-refractivity contribution in [2.24, 2.45) is 0 Å². The van der Waals surface area contributed by atoms with Crippen LogP contribution in [0.5, 0.6) is 11.5 Å². The molecule has 0 bridgehead atoms. The monoisotopic (exact) mass is 321 g/mol. The number of nitrogens with one attached hydrogen (secondary N) is 1. The zero-order chi connectivity index (χ0) is 16.3. The number of phenolic OH excluding ortho intramolecular Hbond substituents is 1. The molecule has 22 heavy (non-hydrogen) atoms. The van der Waals surface area contributed by atoms with E-state index >= 15 is 0 Å². The molecular weight excluding hydrogens is 306 g/mol. The molecule has 2 aromatic carbocycles. The summed E-state index contributed by atoms with van der Waals surface area (Å²) in [4.78, 5) is 11.3. The van der Waals surface area contributed by atoms with Gasteiger partial charge in [-0.15, -0.1) is 0 Å². The molecule has 0 heterocycles. The van der Waals surface area contributed by atoms with Crippen molar-refractivity contribution < 1.29 is 23.1 Å². The summed E-state index contributed by atoms with van der Waals surface area (Å²) in [6.45, 7) is 1.36. The van der Waals surface area contributed by atoms with Crippen LogP contribution in [0.2, 0.25) is 0 Å². The first-order valence-electron chi connectivity index (χ1n) is 6.34. The predicted molar refractivity (Wildman–Crippen MR) is 81.9 cm³/mol. The summed E-state index contributed by atoms with van der Waals surface area (Å²) in [6.07, 6.45) is 0. The van der Waals surface area contributed by atoms with Gasteiger partial charge in [-0.3, -0.25) is 9.52 Å². The highest BCUT2D eigenvalue weighted by molar-refractivity contribution is 7.92. The van der Waals surface area contributed by atoms with Crippen molar-refractivity contribution in [1.29, 1.82) is 0 Å². The average molecular weight is 321 g/mol. The van der Waals surface area contributed by atoms with Crippen LogP contribution in [0, 0.1) is 0 Å². The lowest BCUT2D eigenvalue weighted by Gasteiger charge is -2.10. The number of ether oxygens (including phenoxy) is 1. The van der Waals surface area contributed by atoms with E-state index in [0.717, 1.165) is 0 Å². The van der Waals surface area contributed by atoms with E-state index in [-0.39, 0.29) is 27.9 Å². The normalized spacial score (nSPS) is 11.0. The molecule has 6 nitrogen and oxygen atoms in total. The molecule has 0 unspecified atom stereocenters. The van der Waals surface area contributed by atoms with Gasteiger partial charge in [-0.2, -0.15) is 0 Å². The Kier molecular flexibility index (Phi) is 4.37. The lowest BCUT2D eigenvalue weighted by Crippen LogP contribution is -2.13. The molecular formula is C15H15NO5S. The number of methoxy groups -OCH3 is 1. The maximum absolute atomic E-state index is 12.3. The number of carbonyl (C=O) groups is 1. The number of hydrogen-bond donors (Lipinski definition) is 2. The largest absolute Gasteiger partial charge is 0.504 e. The molecule has 0 fully saturated rings. The Morgan fingerprint density at radius 2 is 1.91 bits per heavy atom. The highest BCUT2D eigenvalue weighted by Crippen LogP contribution is 2.29. The molecule has 0 radical (unpaired) electrons. The third-order valence-electron chi connectivity index (χ3n) is 2.98. The van der Waals surface area contributed by atoms with Crippen LogP contribution in [0.1, 0.15) is 17.3 Å². The second-order valence-electron chi connectivity index (χ2n) is 4.58. The summed E-state index contributed by atoms with van der Waals surface area (Å²) in [5.74, 6) is -0.166.